The van der Waals surface area contributed by atoms with Crippen molar-refractivity contribution in [1.29, 1.82) is 0 Å². The molecule has 1 saturated carbocycles. The van der Waals surface area contributed by atoms with E-state index in [9.17, 15) is 4.79 Å². The number of hydrogen-bond donors (Lipinski definition) is 1. The predicted molar refractivity (Wildman–Crippen MR) is 88.2 cm³/mol. The molecular formula is C18H26N2O3. The van der Waals surface area contributed by atoms with Gasteiger partial charge < -0.3 is 20.1 Å². The number of fused-ring (bicyclic) bond motifs is 1. The third-order valence-corrected chi connectivity index (χ3v) is 5.06. The van der Waals surface area contributed by atoms with E-state index in [1.165, 1.54) is 0 Å². The Labute approximate surface area is 137 Å². The first-order valence-corrected chi connectivity index (χ1v) is 8.47. The molecule has 1 aliphatic heterocycles. The van der Waals surface area contributed by atoms with Crippen LogP contribution in [0.2, 0.25) is 0 Å². The Morgan fingerprint density at radius 2 is 2.13 bits per heavy atom. The van der Waals surface area contributed by atoms with Gasteiger partial charge in [0.1, 0.15) is 0 Å². The van der Waals surface area contributed by atoms with E-state index < -0.39 is 5.54 Å². The van der Waals surface area contributed by atoms with Gasteiger partial charge in [-0.05, 0) is 44.4 Å². The molecule has 0 spiro atoms. The van der Waals surface area contributed by atoms with E-state index >= 15 is 0 Å². The summed E-state index contributed by atoms with van der Waals surface area (Å²) in [5, 5.41) is 0. The Bertz CT molecular complexity index is 586. The smallest absolute Gasteiger partial charge is 0.231 e. The Morgan fingerprint density at radius 1 is 1.35 bits per heavy atom. The van der Waals surface area contributed by atoms with E-state index in [1.807, 2.05) is 36.9 Å². The first-order valence-electron chi connectivity index (χ1n) is 8.47. The Morgan fingerprint density at radius 3 is 2.87 bits per heavy atom. The number of nitrogens with zero attached hydrogens (tertiary/aromatic N) is 1. The predicted octanol–water partition coefficient (Wildman–Crippen LogP) is 2.67. The van der Waals surface area contributed by atoms with Gasteiger partial charge in [-0.3, -0.25) is 4.79 Å². The van der Waals surface area contributed by atoms with Crippen molar-refractivity contribution in [1.82, 2.24) is 4.90 Å². The third-order valence-electron chi connectivity index (χ3n) is 5.06. The van der Waals surface area contributed by atoms with Gasteiger partial charge in [-0.1, -0.05) is 18.9 Å². The van der Waals surface area contributed by atoms with Crippen LogP contribution in [0.5, 0.6) is 11.5 Å². The van der Waals surface area contributed by atoms with Crippen LogP contribution in [0, 0.1) is 5.92 Å². The molecular weight excluding hydrogens is 292 g/mol. The van der Waals surface area contributed by atoms with E-state index in [4.69, 9.17) is 15.2 Å². The lowest BCUT2D eigenvalue weighted by molar-refractivity contribution is -0.139. The number of rotatable bonds is 4. The summed E-state index contributed by atoms with van der Waals surface area (Å²) in [5.74, 6) is 1.62. The van der Waals surface area contributed by atoms with Crippen molar-refractivity contribution in [2.45, 2.75) is 51.6 Å². The van der Waals surface area contributed by atoms with Gasteiger partial charge in [-0.15, -0.1) is 0 Å². The maximum atomic E-state index is 13.0. The van der Waals surface area contributed by atoms with E-state index in [1.54, 1.807) is 0 Å². The highest BCUT2D eigenvalue weighted by Gasteiger charge is 2.39. The molecule has 5 heteroatoms. The number of amides is 1. The minimum atomic E-state index is -0.391. The highest BCUT2D eigenvalue weighted by molar-refractivity contribution is 5.80. The molecule has 3 rings (SSSR count). The van der Waals surface area contributed by atoms with Crippen LogP contribution in [-0.2, 0) is 11.3 Å². The van der Waals surface area contributed by atoms with E-state index in [0.717, 1.165) is 42.7 Å². The number of carbonyl (C=O) groups is 1. The zero-order valence-corrected chi connectivity index (χ0v) is 14.0. The van der Waals surface area contributed by atoms with Crippen molar-refractivity contribution in [3.63, 3.8) is 0 Å². The van der Waals surface area contributed by atoms with Gasteiger partial charge in [0.2, 0.25) is 12.7 Å². The Kier molecular flexibility index (Phi) is 4.48. The van der Waals surface area contributed by atoms with Gasteiger partial charge in [0.25, 0.3) is 0 Å². The molecule has 2 aliphatic rings. The van der Waals surface area contributed by atoms with Gasteiger partial charge in [0.15, 0.2) is 11.5 Å². The molecule has 2 N–H and O–H groups in total. The fourth-order valence-electron chi connectivity index (χ4n) is 3.59. The first kappa shape index (κ1) is 16.1. The van der Waals surface area contributed by atoms with Crippen LogP contribution in [0.15, 0.2) is 18.2 Å². The van der Waals surface area contributed by atoms with Crippen LogP contribution in [0.3, 0.4) is 0 Å². The van der Waals surface area contributed by atoms with Crippen LogP contribution in [0.25, 0.3) is 0 Å². The lowest BCUT2D eigenvalue weighted by atomic mass is 9.74. The number of hydrogen-bond acceptors (Lipinski definition) is 4. The summed E-state index contributed by atoms with van der Waals surface area (Å²) in [6.45, 7) is 5.56. The zero-order chi connectivity index (χ0) is 16.4. The second-order valence-corrected chi connectivity index (χ2v) is 6.84. The molecule has 23 heavy (non-hydrogen) atoms. The molecule has 1 aromatic rings. The number of carbonyl (C=O) groups excluding carboxylic acids is 1. The van der Waals surface area contributed by atoms with Gasteiger partial charge in [-0.2, -0.15) is 0 Å². The largest absolute Gasteiger partial charge is 0.454 e. The summed E-state index contributed by atoms with van der Waals surface area (Å²) in [6.07, 6.45) is 4.02. The first-order chi connectivity index (χ1) is 11.0. The third kappa shape index (κ3) is 3.29. The second kappa shape index (κ2) is 6.40. The van der Waals surface area contributed by atoms with Crippen molar-refractivity contribution in [2.75, 3.05) is 13.3 Å². The number of ether oxygens (including phenoxy) is 2. The molecule has 5 nitrogen and oxygen atoms in total. The molecule has 1 aliphatic carbocycles. The Balaban J connectivity index is 1.73. The van der Waals surface area contributed by atoms with Crippen molar-refractivity contribution < 1.29 is 14.3 Å². The summed E-state index contributed by atoms with van der Waals surface area (Å²) in [4.78, 5) is 14.9. The molecule has 126 valence electrons. The number of benzene rings is 1. The summed E-state index contributed by atoms with van der Waals surface area (Å²) in [5.41, 5.74) is 7.06. The lowest BCUT2D eigenvalue weighted by Crippen LogP contribution is -2.53. The topological polar surface area (TPSA) is 64.8 Å². The highest BCUT2D eigenvalue weighted by atomic mass is 16.7. The van der Waals surface area contributed by atoms with Crippen LogP contribution in [0.4, 0.5) is 0 Å². The fourth-order valence-corrected chi connectivity index (χ4v) is 3.59. The molecule has 1 amide bonds. The zero-order valence-electron chi connectivity index (χ0n) is 14.0. The lowest BCUT2D eigenvalue weighted by Gasteiger charge is -2.39. The average Bonchev–Trinajstić information content (AvgIpc) is 2.99. The van der Waals surface area contributed by atoms with E-state index in [-0.39, 0.29) is 18.6 Å². The summed E-state index contributed by atoms with van der Waals surface area (Å²) >= 11 is 0. The molecule has 0 aromatic heterocycles. The van der Waals surface area contributed by atoms with E-state index in [2.05, 4.69) is 0 Å². The van der Waals surface area contributed by atoms with Crippen molar-refractivity contribution in [3.05, 3.63) is 23.8 Å². The van der Waals surface area contributed by atoms with Crippen LogP contribution in [-0.4, -0.2) is 29.7 Å². The molecule has 2 atom stereocenters. The van der Waals surface area contributed by atoms with Crippen molar-refractivity contribution in [2.24, 2.45) is 11.7 Å². The highest BCUT2D eigenvalue weighted by Crippen LogP contribution is 2.35. The maximum absolute atomic E-state index is 13.0. The monoisotopic (exact) mass is 318 g/mol. The standard InChI is InChI=1S/C18H26N2O3/c1-3-20(17(21)14-6-4-5-9-18(14,2)19)11-13-7-8-15-16(10-13)23-12-22-15/h7-8,10,14H,3-6,9,11-12,19H2,1-2H3. The van der Waals surface area contributed by atoms with Gasteiger partial charge >= 0.3 is 0 Å². The average molecular weight is 318 g/mol. The second-order valence-electron chi connectivity index (χ2n) is 6.84. The van der Waals surface area contributed by atoms with Gasteiger partial charge in [0, 0.05) is 18.6 Å². The molecule has 0 bridgehead atoms. The Hall–Kier alpha value is -1.75. The normalized spacial score (nSPS) is 26.1. The molecule has 1 heterocycles. The molecule has 0 saturated heterocycles. The number of nitrogens with two attached hydrogens (primary N) is 1. The van der Waals surface area contributed by atoms with E-state index in [0.29, 0.717) is 13.1 Å². The maximum Gasteiger partial charge on any atom is 0.231 e. The quantitative estimate of drug-likeness (QED) is 0.927. The molecule has 1 fully saturated rings. The van der Waals surface area contributed by atoms with Crippen LogP contribution >= 0.6 is 0 Å². The van der Waals surface area contributed by atoms with Crippen molar-refractivity contribution >= 4 is 5.91 Å². The van der Waals surface area contributed by atoms with Gasteiger partial charge in [0.05, 0.1) is 5.92 Å². The summed E-state index contributed by atoms with van der Waals surface area (Å²) < 4.78 is 10.8. The van der Waals surface area contributed by atoms with Gasteiger partial charge in [-0.25, -0.2) is 0 Å². The van der Waals surface area contributed by atoms with Crippen LogP contribution in [0.1, 0.15) is 45.1 Å². The SMILES string of the molecule is CCN(Cc1ccc2c(c1)OCO2)C(=O)C1CCCCC1(C)N. The minimum Gasteiger partial charge on any atom is -0.454 e. The minimum absolute atomic E-state index is 0.0785. The molecule has 1 aromatic carbocycles. The van der Waals surface area contributed by atoms with Crippen LogP contribution < -0.4 is 15.2 Å². The summed E-state index contributed by atoms with van der Waals surface area (Å²) in [6, 6.07) is 5.86. The molecule has 2 unspecified atom stereocenters. The molecule has 0 radical (unpaired) electrons. The van der Waals surface area contributed by atoms with Crippen molar-refractivity contribution in [3.8, 4) is 11.5 Å². The summed E-state index contributed by atoms with van der Waals surface area (Å²) in [7, 11) is 0. The fraction of sp³-hybridized carbons (Fsp3) is 0.611.